The van der Waals surface area contributed by atoms with Crippen LogP contribution in [0.1, 0.15) is 51.0 Å². The van der Waals surface area contributed by atoms with Crippen LogP contribution in [0.25, 0.3) is 0 Å². The van der Waals surface area contributed by atoms with Gasteiger partial charge in [-0.15, -0.1) is 0 Å². The van der Waals surface area contributed by atoms with Crippen LogP contribution in [0.3, 0.4) is 0 Å². The summed E-state index contributed by atoms with van der Waals surface area (Å²) in [6.45, 7) is 1.96. The lowest BCUT2D eigenvalue weighted by molar-refractivity contribution is 0.217. The Balaban J connectivity index is 0.000000808. The van der Waals surface area contributed by atoms with Gasteiger partial charge in [0.2, 0.25) is 0 Å². The minimum absolute atomic E-state index is 0.0159. The van der Waals surface area contributed by atoms with Gasteiger partial charge in [0, 0.05) is 30.7 Å². The number of aromatic hydroxyl groups is 2. The average molecular weight is 707 g/mol. The molecule has 0 spiro atoms. The number of likely N-dealkylation sites (N-methyl/N-ethyl adjacent to an activating group) is 2. The number of fused-ring (bicyclic) bond motifs is 3. The van der Waals surface area contributed by atoms with Gasteiger partial charge in [0.05, 0.1) is 14.2 Å². The number of hydrogen-bond acceptors (Lipinski definition) is 10. The van der Waals surface area contributed by atoms with Gasteiger partial charge < -0.3 is 29.2 Å². The Morgan fingerprint density at radius 3 is 2.04 bits per heavy atom. The zero-order valence-electron chi connectivity index (χ0n) is 28.4. The average Bonchev–Trinajstić information content (AvgIpc) is 3.07. The van der Waals surface area contributed by atoms with Gasteiger partial charge in [0.15, 0.2) is 34.5 Å². The van der Waals surface area contributed by atoms with E-state index in [2.05, 4.69) is 48.2 Å². The Labute approximate surface area is 292 Å². The number of phenolic OH excluding ortho intramolecular Hbond substituents is 2. The monoisotopic (exact) mass is 706 g/mol. The fourth-order valence-electron chi connectivity index (χ4n) is 7.19. The number of hydrogen-bond donors (Lipinski definition) is 4. The van der Waals surface area contributed by atoms with E-state index in [1.807, 2.05) is 30.3 Å². The molecule has 4 aliphatic heterocycles. The fraction of sp³-hybridized carbons (Fsp3) is 0.351. The predicted octanol–water partition coefficient (Wildman–Crippen LogP) is 5.69. The van der Waals surface area contributed by atoms with E-state index in [9.17, 15) is 10.2 Å². The maximum atomic E-state index is 11.5. The number of rotatable bonds is 2. The van der Waals surface area contributed by atoms with Gasteiger partial charge in [-0.2, -0.15) is 8.42 Å². The van der Waals surface area contributed by atoms with Crippen LogP contribution < -0.4 is 18.9 Å². The fourth-order valence-corrected chi connectivity index (χ4v) is 7.19. The molecule has 4 heterocycles. The highest BCUT2D eigenvalue weighted by atomic mass is 32.3. The lowest BCUT2D eigenvalue weighted by atomic mass is 9.85. The van der Waals surface area contributed by atoms with E-state index in [4.69, 9.17) is 36.5 Å². The highest BCUT2D eigenvalue weighted by Crippen LogP contribution is 2.45. The van der Waals surface area contributed by atoms with Crippen LogP contribution in [0, 0.1) is 0 Å². The third-order valence-corrected chi connectivity index (χ3v) is 9.77. The summed E-state index contributed by atoms with van der Waals surface area (Å²) in [5, 5.41) is 22.2. The van der Waals surface area contributed by atoms with Crippen LogP contribution in [-0.4, -0.2) is 78.9 Å². The molecule has 4 aromatic rings. The van der Waals surface area contributed by atoms with E-state index in [0.717, 1.165) is 66.6 Å². The quantitative estimate of drug-likeness (QED) is 0.189. The maximum Gasteiger partial charge on any atom is 0.394 e. The van der Waals surface area contributed by atoms with Crippen LogP contribution in [0.5, 0.6) is 40.2 Å². The summed E-state index contributed by atoms with van der Waals surface area (Å²) in [6.07, 6.45) is 3.20. The molecule has 266 valence electrons. The molecule has 0 fully saturated rings. The lowest BCUT2D eigenvalue weighted by Crippen LogP contribution is -2.34. The molecule has 4 aliphatic rings. The van der Waals surface area contributed by atoms with Gasteiger partial charge in [0.25, 0.3) is 0 Å². The second-order valence-electron chi connectivity index (χ2n) is 12.9. The Morgan fingerprint density at radius 2 is 1.36 bits per heavy atom. The van der Waals surface area contributed by atoms with Crippen LogP contribution in [0.15, 0.2) is 60.7 Å². The molecule has 2 atom stereocenters. The first-order chi connectivity index (χ1) is 23.8. The first-order valence-corrected chi connectivity index (χ1v) is 17.7. The minimum Gasteiger partial charge on any atom is -0.504 e. The molecular weight excluding hydrogens is 664 g/mol. The van der Waals surface area contributed by atoms with Crippen molar-refractivity contribution in [1.29, 1.82) is 0 Å². The molecule has 50 heavy (non-hydrogen) atoms. The Morgan fingerprint density at radius 1 is 0.760 bits per heavy atom. The Bertz CT molecular complexity index is 1980. The lowest BCUT2D eigenvalue weighted by Gasteiger charge is -2.37. The smallest absolute Gasteiger partial charge is 0.394 e. The summed E-state index contributed by atoms with van der Waals surface area (Å²) in [5.41, 5.74) is 7.57. The highest BCUT2D eigenvalue weighted by molar-refractivity contribution is 7.79. The molecule has 0 saturated heterocycles. The SMILES string of the molecule is COc1cc2c3cc1OCc1c(O)c(OC)cc4c1[C@H](Cc1ccc(cc1)Oc1cc(ccc1O)C[C@H]3N(C)CC2)N(C)CC4.O=S(=O)(O)O. The Hall–Kier alpha value is -4.53. The Kier molecular flexibility index (Phi) is 10.1. The van der Waals surface area contributed by atoms with Gasteiger partial charge in [-0.1, -0.05) is 18.2 Å². The van der Waals surface area contributed by atoms with Crippen molar-refractivity contribution < 1.29 is 46.7 Å². The van der Waals surface area contributed by atoms with Crippen molar-refractivity contribution >= 4 is 10.4 Å². The van der Waals surface area contributed by atoms with Crippen LogP contribution in [0.4, 0.5) is 0 Å². The van der Waals surface area contributed by atoms with Crippen molar-refractivity contribution in [3.63, 3.8) is 0 Å². The summed E-state index contributed by atoms with van der Waals surface area (Å²) in [6, 6.07) is 19.9. The van der Waals surface area contributed by atoms with E-state index >= 15 is 0 Å². The van der Waals surface area contributed by atoms with Crippen LogP contribution in [-0.2, 0) is 42.7 Å². The van der Waals surface area contributed by atoms with Crippen molar-refractivity contribution in [3.8, 4) is 40.2 Å². The van der Waals surface area contributed by atoms with Crippen molar-refractivity contribution in [2.75, 3.05) is 41.4 Å². The molecule has 0 radical (unpaired) electrons. The van der Waals surface area contributed by atoms with E-state index < -0.39 is 10.4 Å². The van der Waals surface area contributed by atoms with Crippen molar-refractivity contribution in [3.05, 3.63) is 99.6 Å². The number of benzene rings is 4. The standard InChI is InChI=1S/C37H40N2O6.H2O4S/c1-38-13-11-24-18-33(42-3)34-20-27(24)29(38)16-23-7-10-31(40)32(17-23)45-26-8-5-22(6-9-26)15-30-36-25(12-14-39(30)2)19-35(43-4)37(41)28(36)21-44-34;1-5(2,3)4/h5-10,17-20,29-30,40-41H,11-16,21H2,1-4H3;(H2,1,2,3,4)/t29-,30+;/m1./s1. The van der Waals surface area contributed by atoms with Crippen LogP contribution in [0.2, 0.25) is 0 Å². The number of nitrogens with zero attached hydrogens (tertiary/aromatic N) is 2. The molecule has 12 nitrogen and oxygen atoms in total. The second-order valence-corrected chi connectivity index (χ2v) is 13.8. The van der Waals surface area contributed by atoms with Crippen LogP contribution >= 0.6 is 0 Å². The van der Waals surface area contributed by atoms with E-state index in [-0.39, 0.29) is 30.2 Å². The maximum absolute atomic E-state index is 11.5. The van der Waals surface area contributed by atoms with Crippen molar-refractivity contribution in [2.24, 2.45) is 0 Å². The molecule has 0 unspecified atom stereocenters. The van der Waals surface area contributed by atoms with Gasteiger partial charge >= 0.3 is 10.4 Å². The largest absolute Gasteiger partial charge is 0.504 e. The summed E-state index contributed by atoms with van der Waals surface area (Å²) in [4.78, 5) is 4.70. The molecule has 13 heteroatoms. The predicted molar refractivity (Wildman–Crippen MR) is 186 cm³/mol. The van der Waals surface area contributed by atoms with E-state index in [1.54, 1.807) is 20.3 Å². The second kappa shape index (κ2) is 14.4. The number of ether oxygens (including phenoxy) is 4. The summed E-state index contributed by atoms with van der Waals surface area (Å²) < 4.78 is 55.9. The van der Waals surface area contributed by atoms with Gasteiger partial charge in [0.1, 0.15) is 12.4 Å². The van der Waals surface area contributed by atoms with Gasteiger partial charge in [-0.3, -0.25) is 18.9 Å². The third kappa shape index (κ3) is 7.62. The van der Waals surface area contributed by atoms with E-state index in [0.29, 0.717) is 28.7 Å². The highest BCUT2D eigenvalue weighted by Gasteiger charge is 2.32. The van der Waals surface area contributed by atoms with Crippen molar-refractivity contribution in [1.82, 2.24) is 9.80 Å². The van der Waals surface area contributed by atoms with Crippen molar-refractivity contribution in [2.45, 2.75) is 44.4 Å². The number of phenols is 2. The minimum atomic E-state index is -4.67. The zero-order chi connectivity index (χ0) is 35.7. The molecule has 0 aliphatic carbocycles. The molecule has 8 rings (SSSR count). The van der Waals surface area contributed by atoms with E-state index in [1.165, 1.54) is 11.1 Å². The molecule has 0 amide bonds. The molecular formula is C37H42N2O10S. The first kappa shape index (κ1) is 35.3. The molecule has 4 N–H and O–H groups in total. The number of methoxy groups -OCH3 is 2. The van der Waals surface area contributed by atoms with Gasteiger partial charge in [-0.25, -0.2) is 0 Å². The summed E-state index contributed by atoms with van der Waals surface area (Å²) >= 11 is 0. The topological polar surface area (TPSA) is 158 Å². The third-order valence-electron chi connectivity index (χ3n) is 9.77. The first-order valence-electron chi connectivity index (χ1n) is 16.3. The normalized spacial score (nSPS) is 18.9. The summed E-state index contributed by atoms with van der Waals surface area (Å²) in [7, 11) is 2.87. The molecule has 4 aromatic carbocycles. The molecule has 0 aromatic heterocycles. The van der Waals surface area contributed by atoms with Gasteiger partial charge in [-0.05, 0) is 116 Å². The molecule has 6 bridgehead atoms. The summed E-state index contributed by atoms with van der Waals surface area (Å²) in [5.74, 6) is 3.08. The zero-order valence-corrected chi connectivity index (χ0v) is 29.2. The molecule has 0 saturated carbocycles.